The van der Waals surface area contributed by atoms with Gasteiger partial charge in [0.05, 0.1) is 6.10 Å². The molecule has 0 spiro atoms. The Hall–Kier alpha value is -1.12. The van der Waals surface area contributed by atoms with Gasteiger partial charge in [-0.25, -0.2) is 0 Å². The second kappa shape index (κ2) is 13.3. The molecule has 2 atom stereocenters. The van der Waals surface area contributed by atoms with Crippen LogP contribution in [0.15, 0.2) is 48.6 Å². The van der Waals surface area contributed by atoms with E-state index in [4.69, 9.17) is 5.73 Å². The first kappa shape index (κ1) is 17.9. The molecule has 0 aliphatic rings. The van der Waals surface area contributed by atoms with Crippen LogP contribution in [0.25, 0.3) is 0 Å². The third-order valence-electron chi connectivity index (χ3n) is 2.80. The Morgan fingerprint density at radius 3 is 2.32 bits per heavy atom. The Kier molecular flexibility index (Phi) is 12.5. The lowest BCUT2D eigenvalue weighted by molar-refractivity contribution is 0.188. The number of hydrogen-bond donors (Lipinski definition) is 2. The van der Waals surface area contributed by atoms with E-state index in [2.05, 4.69) is 43.4 Å². The summed E-state index contributed by atoms with van der Waals surface area (Å²) >= 11 is 0. The molecule has 108 valence electrons. The molecular weight excluding hydrogens is 234 g/mol. The summed E-state index contributed by atoms with van der Waals surface area (Å²) in [5.41, 5.74) is 5.72. The van der Waals surface area contributed by atoms with Crippen LogP contribution in [-0.4, -0.2) is 17.3 Å². The van der Waals surface area contributed by atoms with Crippen LogP contribution in [0.4, 0.5) is 0 Å². The van der Waals surface area contributed by atoms with Gasteiger partial charge >= 0.3 is 0 Å². The zero-order valence-electron chi connectivity index (χ0n) is 12.3. The minimum absolute atomic E-state index is 0.147. The Bertz CT molecular complexity index is 302. The molecule has 0 saturated heterocycles. The topological polar surface area (TPSA) is 46.2 Å². The third kappa shape index (κ3) is 11.7. The SMILES string of the molecule is CC/C=C/C/C=C/C=C/CC/C=C/[C@@H](O)[C@@H](N)CC. The molecule has 0 fully saturated rings. The quantitative estimate of drug-likeness (QED) is 0.357. The number of unbranched alkanes of at least 4 members (excludes halogenated alkanes) is 1. The lowest BCUT2D eigenvalue weighted by atomic mass is 10.1. The van der Waals surface area contributed by atoms with E-state index in [0.717, 1.165) is 32.1 Å². The van der Waals surface area contributed by atoms with Gasteiger partial charge in [-0.1, -0.05) is 62.5 Å². The number of hydrogen-bond acceptors (Lipinski definition) is 2. The van der Waals surface area contributed by atoms with E-state index in [1.54, 1.807) is 6.08 Å². The molecule has 0 radical (unpaired) electrons. The van der Waals surface area contributed by atoms with Crippen LogP contribution in [0.3, 0.4) is 0 Å². The van der Waals surface area contributed by atoms with E-state index < -0.39 is 6.10 Å². The predicted octanol–water partition coefficient (Wildman–Crippen LogP) is 3.89. The standard InChI is InChI=1S/C17H29NO/c1-3-5-6-7-8-9-10-11-12-13-14-15-17(19)16(18)4-2/h5-6,8-11,14-17,19H,3-4,7,12-13,18H2,1-2H3/b6-5+,9-8+,11-10+,15-14+/t16-,17+/m0/s1. The first-order valence-electron chi connectivity index (χ1n) is 7.29. The highest BCUT2D eigenvalue weighted by atomic mass is 16.3. The maximum absolute atomic E-state index is 9.61. The number of aliphatic hydroxyl groups is 1. The molecule has 2 heteroatoms. The van der Waals surface area contributed by atoms with Crippen molar-refractivity contribution in [1.29, 1.82) is 0 Å². The number of nitrogens with two attached hydrogens (primary N) is 1. The third-order valence-corrected chi connectivity index (χ3v) is 2.80. The highest BCUT2D eigenvalue weighted by Crippen LogP contribution is 2.00. The second-order valence-electron chi connectivity index (χ2n) is 4.54. The zero-order chi connectivity index (χ0) is 14.3. The summed E-state index contributed by atoms with van der Waals surface area (Å²) < 4.78 is 0. The fourth-order valence-electron chi connectivity index (χ4n) is 1.49. The Morgan fingerprint density at radius 1 is 0.947 bits per heavy atom. The van der Waals surface area contributed by atoms with Gasteiger partial charge in [-0.2, -0.15) is 0 Å². The highest BCUT2D eigenvalue weighted by molar-refractivity contribution is 5.05. The largest absolute Gasteiger partial charge is 0.387 e. The van der Waals surface area contributed by atoms with Gasteiger partial charge in [-0.3, -0.25) is 0 Å². The summed E-state index contributed by atoms with van der Waals surface area (Å²) in [5, 5.41) is 9.61. The maximum atomic E-state index is 9.61. The van der Waals surface area contributed by atoms with E-state index in [1.165, 1.54) is 0 Å². The first-order chi connectivity index (χ1) is 9.22. The van der Waals surface area contributed by atoms with Gasteiger partial charge in [0.15, 0.2) is 0 Å². The maximum Gasteiger partial charge on any atom is 0.0871 e. The van der Waals surface area contributed by atoms with Gasteiger partial charge in [0.2, 0.25) is 0 Å². The molecule has 0 amide bonds. The van der Waals surface area contributed by atoms with E-state index in [1.807, 2.05) is 13.0 Å². The van der Waals surface area contributed by atoms with Crippen molar-refractivity contribution in [2.24, 2.45) is 5.73 Å². The van der Waals surface area contributed by atoms with E-state index in [0.29, 0.717) is 0 Å². The van der Waals surface area contributed by atoms with Crippen LogP contribution >= 0.6 is 0 Å². The van der Waals surface area contributed by atoms with Crippen LogP contribution in [-0.2, 0) is 0 Å². The van der Waals surface area contributed by atoms with E-state index in [-0.39, 0.29) is 6.04 Å². The van der Waals surface area contributed by atoms with Crippen molar-refractivity contribution in [1.82, 2.24) is 0 Å². The molecular formula is C17H29NO. The van der Waals surface area contributed by atoms with Gasteiger partial charge in [0, 0.05) is 6.04 Å². The fourth-order valence-corrected chi connectivity index (χ4v) is 1.49. The monoisotopic (exact) mass is 263 g/mol. The molecule has 0 rings (SSSR count). The molecule has 0 saturated carbocycles. The normalized spacial score (nSPS) is 16.2. The highest BCUT2D eigenvalue weighted by Gasteiger charge is 2.07. The molecule has 0 unspecified atom stereocenters. The lowest BCUT2D eigenvalue weighted by Gasteiger charge is -2.12. The summed E-state index contributed by atoms with van der Waals surface area (Å²) in [4.78, 5) is 0. The smallest absolute Gasteiger partial charge is 0.0871 e. The van der Waals surface area contributed by atoms with Crippen molar-refractivity contribution >= 4 is 0 Å². The summed E-state index contributed by atoms with van der Waals surface area (Å²) in [6, 6.07) is -0.147. The van der Waals surface area contributed by atoms with E-state index in [9.17, 15) is 5.11 Å². The molecule has 0 aromatic rings. The predicted molar refractivity (Wildman–Crippen MR) is 85.0 cm³/mol. The lowest BCUT2D eigenvalue weighted by Crippen LogP contribution is -2.32. The van der Waals surface area contributed by atoms with Gasteiger partial charge in [0.1, 0.15) is 0 Å². The van der Waals surface area contributed by atoms with Crippen LogP contribution in [0, 0.1) is 0 Å². The molecule has 19 heavy (non-hydrogen) atoms. The van der Waals surface area contributed by atoms with Crippen LogP contribution in [0.1, 0.15) is 46.0 Å². The number of rotatable bonds is 10. The van der Waals surface area contributed by atoms with Gasteiger partial charge in [0.25, 0.3) is 0 Å². The minimum Gasteiger partial charge on any atom is -0.387 e. The number of aliphatic hydroxyl groups excluding tert-OH is 1. The Labute approximate surface area is 118 Å². The molecule has 0 aromatic heterocycles. The molecule has 2 nitrogen and oxygen atoms in total. The molecule has 0 bridgehead atoms. The van der Waals surface area contributed by atoms with E-state index >= 15 is 0 Å². The van der Waals surface area contributed by atoms with Crippen molar-refractivity contribution in [3.63, 3.8) is 0 Å². The molecule has 0 aliphatic carbocycles. The minimum atomic E-state index is -0.515. The number of allylic oxidation sites excluding steroid dienone is 7. The van der Waals surface area contributed by atoms with Crippen LogP contribution < -0.4 is 5.73 Å². The molecule has 3 N–H and O–H groups in total. The van der Waals surface area contributed by atoms with Crippen LogP contribution in [0.2, 0.25) is 0 Å². The van der Waals surface area contributed by atoms with Gasteiger partial charge in [-0.05, 0) is 32.1 Å². The van der Waals surface area contributed by atoms with Crippen molar-refractivity contribution in [3.05, 3.63) is 48.6 Å². The molecule has 0 aliphatic heterocycles. The first-order valence-corrected chi connectivity index (χ1v) is 7.29. The van der Waals surface area contributed by atoms with Crippen molar-refractivity contribution < 1.29 is 5.11 Å². The van der Waals surface area contributed by atoms with Crippen molar-refractivity contribution in [3.8, 4) is 0 Å². The Balaban J connectivity index is 3.63. The summed E-state index contributed by atoms with van der Waals surface area (Å²) in [7, 11) is 0. The average Bonchev–Trinajstić information content (AvgIpc) is 2.43. The van der Waals surface area contributed by atoms with Crippen molar-refractivity contribution in [2.45, 2.75) is 58.1 Å². The zero-order valence-corrected chi connectivity index (χ0v) is 12.3. The summed E-state index contributed by atoms with van der Waals surface area (Å²) in [6.07, 6.45) is 20.9. The summed E-state index contributed by atoms with van der Waals surface area (Å²) in [6.45, 7) is 4.12. The molecule has 0 heterocycles. The van der Waals surface area contributed by atoms with Crippen LogP contribution in [0.5, 0.6) is 0 Å². The van der Waals surface area contributed by atoms with Crippen molar-refractivity contribution in [2.75, 3.05) is 0 Å². The second-order valence-corrected chi connectivity index (χ2v) is 4.54. The Morgan fingerprint density at radius 2 is 1.63 bits per heavy atom. The summed E-state index contributed by atoms with van der Waals surface area (Å²) in [5.74, 6) is 0. The van der Waals surface area contributed by atoms with Gasteiger partial charge < -0.3 is 10.8 Å². The van der Waals surface area contributed by atoms with Gasteiger partial charge in [-0.15, -0.1) is 0 Å². The fraction of sp³-hybridized carbons (Fsp3) is 0.529. The molecule has 0 aromatic carbocycles. The average molecular weight is 263 g/mol.